The van der Waals surface area contributed by atoms with Crippen LogP contribution >= 0.6 is 11.6 Å². The minimum atomic E-state index is -4.45. The van der Waals surface area contributed by atoms with E-state index in [0.29, 0.717) is 22.7 Å². The molecule has 3 heterocycles. The summed E-state index contributed by atoms with van der Waals surface area (Å²) in [6, 6.07) is 18.4. The Balaban J connectivity index is 1.49. The molecular formula is C32H24ClF2N5O4S. The second-order valence-corrected chi connectivity index (χ2v) is 12.5. The van der Waals surface area contributed by atoms with Gasteiger partial charge in [-0.05, 0) is 80.6 Å². The van der Waals surface area contributed by atoms with Crippen LogP contribution in [0.3, 0.4) is 0 Å². The fraction of sp³-hybridized carbons (Fsp3) is 0.0938. The van der Waals surface area contributed by atoms with Crippen molar-refractivity contribution < 1.29 is 22.0 Å². The minimum absolute atomic E-state index is 0.0217. The number of rotatable bonds is 7. The number of nitrogens with one attached hydrogen (secondary N) is 2. The van der Waals surface area contributed by atoms with Gasteiger partial charge in [-0.25, -0.2) is 26.6 Å². The highest BCUT2D eigenvalue weighted by Crippen LogP contribution is 2.36. The molecule has 0 aliphatic rings. The summed E-state index contributed by atoms with van der Waals surface area (Å²) in [6.07, 6.45) is 1.41. The van der Waals surface area contributed by atoms with Crippen molar-refractivity contribution >= 4 is 38.4 Å². The number of nitrogens with zero attached hydrogens (tertiary/aromatic N) is 3. The molecule has 0 unspecified atom stereocenters. The number of carbonyl (C=O) groups is 1. The normalized spacial score (nSPS) is 11.7. The molecule has 0 fully saturated rings. The zero-order valence-corrected chi connectivity index (χ0v) is 25.4. The summed E-state index contributed by atoms with van der Waals surface area (Å²) in [5.41, 5.74) is 1.99. The van der Waals surface area contributed by atoms with Crippen LogP contribution in [-0.4, -0.2) is 33.7 Å². The van der Waals surface area contributed by atoms with Gasteiger partial charge in [0.25, 0.3) is 21.5 Å². The smallest absolute Gasteiger partial charge is 0.282 e. The predicted octanol–water partition coefficient (Wildman–Crippen LogP) is 5.90. The van der Waals surface area contributed by atoms with E-state index in [2.05, 4.69) is 14.8 Å². The first-order chi connectivity index (χ1) is 21.4. The van der Waals surface area contributed by atoms with Crippen molar-refractivity contribution in [2.45, 2.75) is 25.3 Å². The number of carbonyl (C=O) groups excluding carboxylic acids is 1. The minimum Gasteiger partial charge on any atom is -0.331 e. The van der Waals surface area contributed by atoms with Crippen LogP contribution in [-0.2, 0) is 16.6 Å². The Hall–Kier alpha value is -5.07. The zero-order valence-electron chi connectivity index (χ0n) is 23.8. The lowest BCUT2D eigenvalue weighted by molar-refractivity contribution is 0.0974. The molecule has 0 aliphatic carbocycles. The lowest BCUT2D eigenvalue weighted by Gasteiger charge is -2.14. The van der Waals surface area contributed by atoms with E-state index in [1.807, 2.05) is 19.9 Å². The highest BCUT2D eigenvalue weighted by atomic mass is 35.5. The molecule has 0 bridgehead atoms. The van der Waals surface area contributed by atoms with E-state index in [-0.39, 0.29) is 38.8 Å². The van der Waals surface area contributed by atoms with E-state index in [9.17, 15) is 26.8 Å². The van der Waals surface area contributed by atoms with Gasteiger partial charge in [-0.15, -0.1) is 0 Å². The van der Waals surface area contributed by atoms with Crippen molar-refractivity contribution in [2.24, 2.45) is 0 Å². The fourth-order valence-electron chi connectivity index (χ4n) is 5.32. The van der Waals surface area contributed by atoms with Gasteiger partial charge >= 0.3 is 0 Å². The van der Waals surface area contributed by atoms with Crippen molar-refractivity contribution in [3.8, 4) is 16.8 Å². The van der Waals surface area contributed by atoms with Crippen molar-refractivity contribution in [2.75, 3.05) is 0 Å². The maximum atomic E-state index is 14.9. The predicted molar refractivity (Wildman–Crippen MR) is 166 cm³/mol. The number of aromatic nitrogens is 4. The highest BCUT2D eigenvalue weighted by Gasteiger charge is 2.29. The second-order valence-electron chi connectivity index (χ2n) is 10.4. The average molecular weight is 648 g/mol. The van der Waals surface area contributed by atoms with Gasteiger partial charge in [-0.2, -0.15) is 5.10 Å². The van der Waals surface area contributed by atoms with Crippen LogP contribution in [0.2, 0.25) is 5.02 Å². The number of pyridine rings is 1. The first-order valence-electron chi connectivity index (χ1n) is 13.6. The average Bonchev–Trinajstić information content (AvgIpc) is 3.49. The molecule has 0 atom stereocenters. The van der Waals surface area contributed by atoms with Gasteiger partial charge in [0.15, 0.2) is 0 Å². The van der Waals surface area contributed by atoms with Crippen LogP contribution < -0.4 is 10.3 Å². The Kier molecular flexibility index (Phi) is 7.63. The molecule has 0 radical (unpaired) electrons. The van der Waals surface area contributed by atoms with Gasteiger partial charge in [-0.3, -0.25) is 9.59 Å². The summed E-state index contributed by atoms with van der Waals surface area (Å²) in [7, 11) is -4.45. The number of H-pyrrole nitrogens is 1. The third kappa shape index (κ3) is 5.65. The number of hydrogen-bond acceptors (Lipinski definition) is 5. The topological polar surface area (TPSA) is 119 Å². The molecule has 3 aromatic heterocycles. The molecule has 13 heteroatoms. The maximum Gasteiger partial charge on any atom is 0.282 e. The number of sulfonamides is 1. The lowest BCUT2D eigenvalue weighted by Crippen LogP contribution is -2.33. The molecular weight excluding hydrogens is 624 g/mol. The van der Waals surface area contributed by atoms with Crippen molar-refractivity contribution in [3.05, 3.63) is 135 Å². The first kappa shape index (κ1) is 30.0. The van der Waals surface area contributed by atoms with Crippen LogP contribution in [0.4, 0.5) is 8.78 Å². The van der Waals surface area contributed by atoms with E-state index in [1.165, 1.54) is 41.1 Å². The standard InChI is InChI=1S/C32H24ClF2N5O4S/c1-18-14-19(2)40(37-18)23-8-10-24(11-9-23)45(43,44)38-32(42)30-29(25-4-3-13-36-31(25)41)26-15-21(33)6-12-28(26)39(30)17-20-5-7-22(34)16-27(20)35/h3-16H,17H2,1-2H3,(H,36,41)(H,38,42). The molecule has 0 spiro atoms. The van der Waals surface area contributed by atoms with E-state index in [1.54, 1.807) is 35.0 Å². The van der Waals surface area contributed by atoms with Crippen LogP contribution in [0.15, 0.2) is 94.7 Å². The summed E-state index contributed by atoms with van der Waals surface area (Å²) < 4.78 is 60.8. The van der Waals surface area contributed by atoms with Crippen LogP contribution in [0, 0.1) is 25.5 Å². The van der Waals surface area contributed by atoms with Gasteiger partial charge in [0.1, 0.15) is 17.3 Å². The Morgan fingerprint density at radius 3 is 2.42 bits per heavy atom. The summed E-state index contributed by atoms with van der Waals surface area (Å²) in [5.74, 6) is -2.73. The van der Waals surface area contributed by atoms with Gasteiger partial charge < -0.3 is 9.55 Å². The van der Waals surface area contributed by atoms with Crippen LogP contribution in [0.25, 0.3) is 27.7 Å². The number of benzene rings is 3. The molecule has 9 nitrogen and oxygen atoms in total. The van der Waals surface area contributed by atoms with Crippen molar-refractivity contribution in [1.82, 2.24) is 24.1 Å². The number of fused-ring (bicyclic) bond motifs is 1. The van der Waals surface area contributed by atoms with Gasteiger partial charge in [0.2, 0.25) is 0 Å². The third-order valence-corrected chi connectivity index (χ3v) is 8.88. The van der Waals surface area contributed by atoms with E-state index < -0.39 is 33.1 Å². The number of halogens is 3. The van der Waals surface area contributed by atoms with Gasteiger partial charge in [0.05, 0.1) is 22.8 Å². The molecule has 0 saturated heterocycles. The molecule has 0 saturated carbocycles. The maximum absolute atomic E-state index is 14.9. The van der Waals surface area contributed by atoms with Crippen LogP contribution in [0.5, 0.6) is 0 Å². The number of hydrogen-bond donors (Lipinski definition) is 2. The highest BCUT2D eigenvalue weighted by molar-refractivity contribution is 7.90. The molecule has 3 aromatic carbocycles. The molecule has 45 heavy (non-hydrogen) atoms. The first-order valence-corrected chi connectivity index (χ1v) is 15.4. The van der Waals surface area contributed by atoms with Crippen LogP contribution in [0.1, 0.15) is 27.4 Å². The quantitative estimate of drug-likeness (QED) is 0.224. The lowest BCUT2D eigenvalue weighted by atomic mass is 10.0. The van der Waals surface area contributed by atoms with Crippen molar-refractivity contribution in [3.63, 3.8) is 0 Å². The van der Waals surface area contributed by atoms with E-state index in [4.69, 9.17) is 11.6 Å². The second kappa shape index (κ2) is 11.5. The summed E-state index contributed by atoms with van der Waals surface area (Å²) in [5, 5.41) is 5.02. The molecule has 0 aliphatic heterocycles. The fourth-order valence-corrected chi connectivity index (χ4v) is 6.45. The molecule has 6 rings (SSSR count). The summed E-state index contributed by atoms with van der Waals surface area (Å²) in [4.78, 5) is 29.4. The molecule has 228 valence electrons. The van der Waals surface area contributed by atoms with Gasteiger partial charge in [-0.1, -0.05) is 17.7 Å². The molecule has 6 aromatic rings. The molecule has 2 N–H and O–H groups in total. The Labute approximate surface area is 260 Å². The van der Waals surface area contributed by atoms with Crippen molar-refractivity contribution in [1.29, 1.82) is 0 Å². The number of aromatic amines is 1. The molecule has 1 amide bonds. The SMILES string of the molecule is Cc1cc(C)n(-c2ccc(S(=O)(=O)NC(=O)c3c(-c4ccc[nH]c4=O)c4cc(Cl)ccc4n3Cc3ccc(F)cc3F)cc2)n1. The largest absolute Gasteiger partial charge is 0.331 e. The number of amides is 1. The summed E-state index contributed by atoms with van der Waals surface area (Å²) >= 11 is 6.32. The Morgan fingerprint density at radius 2 is 1.76 bits per heavy atom. The Bertz CT molecular complexity index is 2290. The van der Waals surface area contributed by atoms with E-state index in [0.717, 1.165) is 17.5 Å². The zero-order chi connectivity index (χ0) is 32.0. The van der Waals surface area contributed by atoms with E-state index >= 15 is 0 Å². The van der Waals surface area contributed by atoms with Gasteiger partial charge in [0, 0.05) is 50.6 Å². The monoisotopic (exact) mass is 647 g/mol. The Morgan fingerprint density at radius 1 is 1.00 bits per heavy atom. The summed E-state index contributed by atoms with van der Waals surface area (Å²) in [6.45, 7) is 3.41. The third-order valence-electron chi connectivity index (χ3n) is 7.30. The number of aryl methyl sites for hydroxylation is 2.